The first-order valence-corrected chi connectivity index (χ1v) is 10.4. The lowest BCUT2D eigenvalue weighted by molar-refractivity contribution is -0.133. The first-order chi connectivity index (χ1) is 14.8. The Balaban J connectivity index is 1.32. The monoisotopic (exact) mass is 399 g/mol. The molecule has 2 aromatic heterocycles. The molecular formula is C25H25N3O2. The fourth-order valence-corrected chi connectivity index (χ4v) is 4.30. The number of fused-ring (bicyclic) bond motifs is 3. The average Bonchev–Trinajstić information content (AvgIpc) is 3.41. The molecule has 0 fully saturated rings. The summed E-state index contributed by atoms with van der Waals surface area (Å²) in [6.07, 6.45) is 2.55. The molecule has 3 heterocycles. The summed E-state index contributed by atoms with van der Waals surface area (Å²) < 4.78 is 5.54. The Morgan fingerprint density at radius 1 is 1.00 bits per heavy atom. The molecule has 1 amide bonds. The molecule has 0 saturated heterocycles. The van der Waals surface area contributed by atoms with Crippen LogP contribution in [-0.2, 0) is 30.8 Å². The number of aromatic nitrogens is 1. The van der Waals surface area contributed by atoms with E-state index in [1.807, 2.05) is 41.3 Å². The van der Waals surface area contributed by atoms with Gasteiger partial charge in [0.15, 0.2) is 0 Å². The van der Waals surface area contributed by atoms with Gasteiger partial charge in [-0.2, -0.15) is 0 Å². The number of aromatic amines is 1. The van der Waals surface area contributed by atoms with Gasteiger partial charge in [-0.1, -0.05) is 48.5 Å². The molecule has 2 aromatic carbocycles. The first kappa shape index (κ1) is 18.7. The number of carbonyl (C=O) groups is 1. The van der Waals surface area contributed by atoms with Crippen molar-refractivity contribution in [3.63, 3.8) is 0 Å². The van der Waals surface area contributed by atoms with Gasteiger partial charge < -0.3 is 14.3 Å². The molecule has 30 heavy (non-hydrogen) atoms. The molecule has 5 heteroatoms. The number of nitrogens with one attached hydrogen (secondary N) is 1. The summed E-state index contributed by atoms with van der Waals surface area (Å²) in [5.41, 5.74) is 4.86. The molecule has 0 unspecified atom stereocenters. The maximum Gasteiger partial charge on any atom is 0.237 e. The van der Waals surface area contributed by atoms with Gasteiger partial charge in [-0.3, -0.25) is 9.69 Å². The Kier molecular flexibility index (Phi) is 5.11. The van der Waals surface area contributed by atoms with E-state index in [-0.39, 0.29) is 5.91 Å². The fraction of sp³-hybridized carbons (Fsp3) is 0.240. The molecule has 5 nitrogen and oxygen atoms in total. The van der Waals surface area contributed by atoms with Crippen LogP contribution < -0.4 is 0 Å². The smallest absolute Gasteiger partial charge is 0.237 e. The SMILES string of the molecule is O=C(CN(Cc1ccccc1)Cc1ccco1)N1CCc2[nH]c3ccccc3c2C1. The Hall–Kier alpha value is -3.31. The van der Waals surface area contributed by atoms with Gasteiger partial charge in [0.2, 0.25) is 5.91 Å². The van der Waals surface area contributed by atoms with Crippen LogP contribution in [0.25, 0.3) is 10.9 Å². The van der Waals surface area contributed by atoms with Crippen LogP contribution in [0.3, 0.4) is 0 Å². The summed E-state index contributed by atoms with van der Waals surface area (Å²) in [5, 5.41) is 1.22. The standard InChI is InChI=1S/C25H25N3O2/c29-25(28-13-12-24-22(17-28)21-10-4-5-11-23(21)26-24)18-27(16-20-9-6-14-30-20)15-19-7-2-1-3-8-19/h1-11,14,26H,12-13,15-18H2. The van der Waals surface area contributed by atoms with Crippen LogP contribution in [0.2, 0.25) is 0 Å². The molecule has 4 aromatic rings. The Morgan fingerprint density at radius 3 is 2.67 bits per heavy atom. The van der Waals surface area contributed by atoms with Crippen LogP contribution in [0.15, 0.2) is 77.4 Å². The zero-order valence-electron chi connectivity index (χ0n) is 16.9. The molecule has 0 radical (unpaired) electrons. The van der Waals surface area contributed by atoms with Crippen molar-refractivity contribution in [2.75, 3.05) is 13.1 Å². The predicted molar refractivity (Wildman–Crippen MR) is 117 cm³/mol. The van der Waals surface area contributed by atoms with E-state index < -0.39 is 0 Å². The van der Waals surface area contributed by atoms with Gasteiger partial charge in [0, 0.05) is 48.2 Å². The lowest BCUT2D eigenvalue weighted by atomic mass is 10.0. The normalized spacial score (nSPS) is 13.7. The summed E-state index contributed by atoms with van der Waals surface area (Å²) in [6, 6.07) is 22.5. The van der Waals surface area contributed by atoms with Gasteiger partial charge in [-0.05, 0) is 23.8 Å². The van der Waals surface area contributed by atoms with E-state index in [9.17, 15) is 4.79 Å². The van der Waals surface area contributed by atoms with Gasteiger partial charge in [-0.15, -0.1) is 0 Å². The van der Waals surface area contributed by atoms with Crippen molar-refractivity contribution in [2.24, 2.45) is 0 Å². The van der Waals surface area contributed by atoms with Crippen LogP contribution in [0.5, 0.6) is 0 Å². The van der Waals surface area contributed by atoms with Gasteiger partial charge in [0.25, 0.3) is 0 Å². The molecular weight excluding hydrogens is 374 g/mol. The van der Waals surface area contributed by atoms with Crippen molar-refractivity contribution >= 4 is 16.8 Å². The zero-order valence-corrected chi connectivity index (χ0v) is 16.9. The Bertz CT molecular complexity index is 1130. The quantitative estimate of drug-likeness (QED) is 0.524. The summed E-state index contributed by atoms with van der Waals surface area (Å²) in [4.78, 5) is 20.9. The minimum atomic E-state index is 0.161. The van der Waals surface area contributed by atoms with Gasteiger partial charge >= 0.3 is 0 Å². The van der Waals surface area contributed by atoms with E-state index >= 15 is 0 Å². The molecule has 1 N–H and O–H groups in total. The van der Waals surface area contributed by atoms with Crippen LogP contribution in [-0.4, -0.2) is 33.8 Å². The second-order valence-electron chi connectivity index (χ2n) is 7.90. The van der Waals surface area contributed by atoms with Crippen LogP contribution >= 0.6 is 0 Å². The number of amides is 1. The fourth-order valence-electron chi connectivity index (χ4n) is 4.30. The topological polar surface area (TPSA) is 52.5 Å². The average molecular weight is 399 g/mol. The minimum absolute atomic E-state index is 0.161. The van der Waals surface area contributed by atoms with Crippen LogP contribution in [0.1, 0.15) is 22.6 Å². The molecule has 1 aliphatic heterocycles. The van der Waals surface area contributed by atoms with E-state index in [1.165, 1.54) is 22.2 Å². The highest BCUT2D eigenvalue weighted by molar-refractivity contribution is 5.86. The highest BCUT2D eigenvalue weighted by atomic mass is 16.3. The second-order valence-corrected chi connectivity index (χ2v) is 7.90. The van der Waals surface area contributed by atoms with Crippen molar-refractivity contribution in [3.05, 3.63) is 95.6 Å². The van der Waals surface area contributed by atoms with E-state index in [0.717, 1.165) is 24.2 Å². The lowest BCUT2D eigenvalue weighted by Crippen LogP contribution is -2.42. The summed E-state index contributed by atoms with van der Waals surface area (Å²) >= 11 is 0. The number of rotatable bonds is 6. The number of nitrogens with zero attached hydrogens (tertiary/aromatic N) is 2. The highest BCUT2D eigenvalue weighted by Gasteiger charge is 2.25. The molecule has 0 atom stereocenters. The second kappa shape index (κ2) is 8.20. The van der Waals surface area contributed by atoms with Gasteiger partial charge in [0.05, 0.1) is 19.4 Å². The number of benzene rings is 2. The summed E-state index contributed by atoms with van der Waals surface area (Å²) in [7, 11) is 0. The number of H-pyrrole nitrogens is 1. The van der Waals surface area contributed by atoms with Crippen molar-refractivity contribution in [3.8, 4) is 0 Å². The summed E-state index contributed by atoms with van der Waals surface area (Å²) in [5.74, 6) is 1.03. The van der Waals surface area contributed by atoms with E-state index in [0.29, 0.717) is 26.2 Å². The Morgan fingerprint density at radius 2 is 1.83 bits per heavy atom. The maximum atomic E-state index is 13.2. The number of carbonyl (C=O) groups excluding carboxylic acids is 1. The van der Waals surface area contributed by atoms with Gasteiger partial charge in [0.1, 0.15) is 5.76 Å². The number of para-hydroxylation sites is 1. The third-order valence-corrected chi connectivity index (χ3v) is 5.80. The van der Waals surface area contributed by atoms with E-state index in [2.05, 4.69) is 40.2 Å². The zero-order chi connectivity index (χ0) is 20.3. The molecule has 0 spiro atoms. The molecule has 0 aliphatic carbocycles. The lowest BCUT2D eigenvalue weighted by Gasteiger charge is -2.30. The van der Waals surface area contributed by atoms with Crippen molar-refractivity contribution in [1.29, 1.82) is 0 Å². The maximum absolute atomic E-state index is 13.2. The molecule has 1 aliphatic rings. The molecule has 152 valence electrons. The minimum Gasteiger partial charge on any atom is -0.468 e. The molecule has 0 saturated carbocycles. The third-order valence-electron chi connectivity index (χ3n) is 5.80. The highest BCUT2D eigenvalue weighted by Crippen LogP contribution is 2.27. The van der Waals surface area contributed by atoms with Gasteiger partial charge in [-0.25, -0.2) is 0 Å². The largest absolute Gasteiger partial charge is 0.468 e. The van der Waals surface area contributed by atoms with Crippen LogP contribution in [0, 0.1) is 0 Å². The van der Waals surface area contributed by atoms with E-state index in [1.54, 1.807) is 6.26 Å². The third kappa shape index (κ3) is 3.89. The molecule has 0 bridgehead atoms. The number of hydrogen-bond acceptors (Lipinski definition) is 3. The first-order valence-electron chi connectivity index (χ1n) is 10.4. The summed E-state index contributed by atoms with van der Waals surface area (Å²) in [6.45, 7) is 3.10. The van der Waals surface area contributed by atoms with E-state index in [4.69, 9.17) is 4.42 Å². The Labute approximate surface area is 175 Å². The van der Waals surface area contributed by atoms with Crippen molar-refractivity contribution in [1.82, 2.24) is 14.8 Å². The van der Waals surface area contributed by atoms with Crippen LogP contribution in [0.4, 0.5) is 0 Å². The van der Waals surface area contributed by atoms with Crippen molar-refractivity contribution in [2.45, 2.75) is 26.1 Å². The number of hydrogen-bond donors (Lipinski definition) is 1. The van der Waals surface area contributed by atoms with Crippen molar-refractivity contribution < 1.29 is 9.21 Å². The predicted octanol–water partition coefficient (Wildman–Crippen LogP) is 4.35. The number of furan rings is 1. The molecule has 5 rings (SSSR count).